The molecule has 1 N–H and O–H groups in total. The fraction of sp³-hybridized carbons (Fsp3) is 0.667. The first-order chi connectivity index (χ1) is 5.22. The SMILES string of the molecule is O=CN1CC(OCC(=O)O)C1. The van der Waals surface area contributed by atoms with Crippen molar-refractivity contribution < 1.29 is 19.4 Å². The van der Waals surface area contributed by atoms with Crippen LogP contribution in [-0.2, 0) is 14.3 Å². The van der Waals surface area contributed by atoms with E-state index in [-0.39, 0.29) is 12.7 Å². The van der Waals surface area contributed by atoms with Gasteiger partial charge in [-0.1, -0.05) is 0 Å². The van der Waals surface area contributed by atoms with Crippen LogP contribution in [0.5, 0.6) is 0 Å². The maximum atomic E-state index is 10.0. The normalized spacial score (nSPS) is 17.6. The minimum absolute atomic E-state index is 0.0868. The number of carbonyl (C=O) groups is 2. The highest BCUT2D eigenvalue weighted by atomic mass is 16.5. The first-order valence-electron chi connectivity index (χ1n) is 3.25. The Balaban J connectivity index is 2.04. The van der Waals surface area contributed by atoms with Gasteiger partial charge in [0.2, 0.25) is 6.41 Å². The van der Waals surface area contributed by atoms with Gasteiger partial charge in [-0.3, -0.25) is 4.79 Å². The highest BCUT2D eigenvalue weighted by Gasteiger charge is 2.26. The van der Waals surface area contributed by atoms with Crippen molar-refractivity contribution in [2.24, 2.45) is 0 Å². The van der Waals surface area contributed by atoms with Gasteiger partial charge in [0.15, 0.2) is 0 Å². The van der Waals surface area contributed by atoms with Gasteiger partial charge in [0.1, 0.15) is 6.61 Å². The van der Waals surface area contributed by atoms with Crippen molar-refractivity contribution >= 4 is 12.4 Å². The van der Waals surface area contributed by atoms with Gasteiger partial charge in [0.05, 0.1) is 6.10 Å². The number of carbonyl (C=O) groups excluding carboxylic acids is 1. The summed E-state index contributed by atoms with van der Waals surface area (Å²) >= 11 is 0. The first-order valence-corrected chi connectivity index (χ1v) is 3.25. The van der Waals surface area contributed by atoms with Crippen LogP contribution in [0.3, 0.4) is 0 Å². The zero-order valence-electron chi connectivity index (χ0n) is 5.90. The number of likely N-dealkylation sites (tertiary alicyclic amines) is 1. The molecule has 0 radical (unpaired) electrons. The van der Waals surface area contributed by atoms with Crippen LogP contribution in [0.2, 0.25) is 0 Å². The molecule has 0 unspecified atom stereocenters. The molecule has 5 nitrogen and oxygen atoms in total. The van der Waals surface area contributed by atoms with Gasteiger partial charge in [0, 0.05) is 13.1 Å². The summed E-state index contributed by atoms with van der Waals surface area (Å²) in [6, 6.07) is 0. The van der Waals surface area contributed by atoms with E-state index >= 15 is 0 Å². The Morgan fingerprint density at radius 2 is 2.36 bits per heavy atom. The second-order valence-corrected chi connectivity index (χ2v) is 2.39. The van der Waals surface area contributed by atoms with Crippen molar-refractivity contribution in [3.8, 4) is 0 Å². The van der Waals surface area contributed by atoms with E-state index < -0.39 is 5.97 Å². The Kier molecular flexibility index (Phi) is 2.43. The van der Waals surface area contributed by atoms with Gasteiger partial charge in [-0.15, -0.1) is 0 Å². The summed E-state index contributed by atoms with van der Waals surface area (Å²) in [5, 5.41) is 8.20. The topological polar surface area (TPSA) is 66.8 Å². The largest absolute Gasteiger partial charge is 0.480 e. The van der Waals surface area contributed by atoms with E-state index in [1.807, 2.05) is 0 Å². The smallest absolute Gasteiger partial charge is 0.329 e. The predicted molar refractivity (Wildman–Crippen MR) is 35.0 cm³/mol. The van der Waals surface area contributed by atoms with Crippen molar-refractivity contribution in [2.45, 2.75) is 6.10 Å². The highest BCUT2D eigenvalue weighted by Crippen LogP contribution is 2.07. The zero-order valence-corrected chi connectivity index (χ0v) is 5.90. The van der Waals surface area contributed by atoms with Crippen molar-refractivity contribution in [1.82, 2.24) is 4.90 Å². The van der Waals surface area contributed by atoms with Crippen LogP contribution < -0.4 is 0 Å². The fourth-order valence-electron chi connectivity index (χ4n) is 0.850. The highest BCUT2D eigenvalue weighted by molar-refractivity contribution is 5.68. The molecule has 1 rings (SSSR count). The molecule has 1 aliphatic rings. The quantitative estimate of drug-likeness (QED) is 0.530. The van der Waals surface area contributed by atoms with E-state index in [0.717, 1.165) is 6.41 Å². The average Bonchev–Trinajstić information content (AvgIpc) is 1.84. The molecule has 0 aromatic rings. The van der Waals surface area contributed by atoms with E-state index in [2.05, 4.69) is 0 Å². The lowest BCUT2D eigenvalue weighted by Crippen LogP contribution is -2.51. The maximum Gasteiger partial charge on any atom is 0.329 e. The monoisotopic (exact) mass is 159 g/mol. The predicted octanol–water partition coefficient (Wildman–Crippen LogP) is -1.07. The molecule has 1 amide bonds. The van der Waals surface area contributed by atoms with Gasteiger partial charge in [-0.05, 0) is 0 Å². The van der Waals surface area contributed by atoms with Crippen LogP contribution in [0.25, 0.3) is 0 Å². The lowest BCUT2D eigenvalue weighted by molar-refractivity contribution is -0.150. The summed E-state index contributed by atoms with van der Waals surface area (Å²) in [4.78, 5) is 21.5. The molecule has 1 aliphatic heterocycles. The van der Waals surface area contributed by atoms with Gasteiger partial charge in [-0.2, -0.15) is 0 Å². The van der Waals surface area contributed by atoms with E-state index in [0.29, 0.717) is 13.1 Å². The molecule has 62 valence electrons. The number of carboxylic acids is 1. The number of rotatable bonds is 4. The summed E-state index contributed by atoms with van der Waals surface area (Å²) in [7, 11) is 0. The standard InChI is InChI=1S/C6H9NO4/c8-4-7-1-5(2-7)11-3-6(9)10/h4-5H,1-3H2,(H,9,10). The number of carboxylic acid groups (broad SMARTS) is 1. The third-order valence-electron chi connectivity index (χ3n) is 1.47. The molecule has 1 heterocycles. The van der Waals surface area contributed by atoms with Crippen LogP contribution in [0.4, 0.5) is 0 Å². The second-order valence-electron chi connectivity index (χ2n) is 2.39. The number of aliphatic carboxylic acids is 1. The summed E-state index contributed by atoms with van der Waals surface area (Å²) in [5.41, 5.74) is 0. The number of amides is 1. The van der Waals surface area contributed by atoms with Crippen molar-refractivity contribution in [2.75, 3.05) is 19.7 Å². The Morgan fingerprint density at radius 1 is 1.73 bits per heavy atom. The lowest BCUT2D eigenvalue weighted by atomic mass is 10.2. The van der Waals surface area contributed by atoms with Crippen LogP contribution >= 0.6 is 0 Å². The molecule has 0 saturated carbocycles. The van der Waals surface area contributed by atoms with Crippen LogP contribution in [0.15, 0.2) is 0 Å². The summed E-state index contributed by atoms with van der Waals surface area (Å²) in [6.07, 6.45) is 0.636. The minimum Gasteiger partial charge on any atom is -0.480 e. The van der Waals surface area contributed by atoms with Crippen LogP contribution in [-0.4, -0.2) is 48.2 Å². The first kappa shape index (κ1) is 8.00. The molecule has 0 atom stereocenters. The van der Waals surface area contributed by atoms with Crippen LogP contribution in [0.1, 0.15) is 0 Å². The van der Waals surface area contributed by atoms with Crippen molar-refractivity contribution in [1.29, 1.82) is 0 Å². The maximum absolute atomic E-state index is 10.0. The molecule has 1 fully saturated rings. The number of nitrogens with zero attached hydrogens (tertiary/aromatic N) is 1. The van der Waals surface area contributed by atoms with Crippen molar-refractivity contribution in [3.05, 3.63) is 0 Å². The number of ether oxygens (including phenoxy) is 1. The third kappa shape index (κ3) is 2.19. The third-order valence-corrected chi connectivity index (χ3v) is 1.47. The molecular weight excluding hydrogens is 150 g/mol. The van der Waals surface area contributed by atoms with Gasteiger partial charge in [0.25, 0.3) is 0 Å². The molecule has 0 bridgehead atoms. The zero-order chi connectivity index (χ0) is 8.27. The lowest BCUT2D eigenvalue weighted by Gasteiger charge is -2.35. The molecule has 0 aromatic carbocycles. The van der Waals surface area contributed by atoms with E-state index in [1.54, 1.807) is 0 Å². The minimum atomic E-state index is -0.977. The van der Waals surface area contributed by atoms with Gasteiger partial charge in [-0.25, -0.2) is 4.79 Å². The van der Waals surface area contributed by atoms with Gasteiger partial charge >= 0.3 is 5.97 Å². The van der Waals surface area contributed by atoms with E-state index in [4.69, 9.17) is 9.84 Å². The van der Waals surface area contributed by atoms with Gasteiger partial charge < -0.3 is 14.7 Å². The molecule has 5 heteroatoms. The molecule has 0 aliphatic carbocycles. The molecule has 1 saturated heterocycles. The fourth-order valence-corrected chi connectivity index (χ4v) is 0.850. The number of hydrogen-bond acceptors (Lipinski definition) is 3. The molecule has 11 heavy (non-hydrogen) atoms. The Bertz CT molecular complexity index is 164. The molecular formula is C6H9NO4. The summed E-state index contributed by atoms with van der Waals surface area (Å²) in [5.74, 6) is -0.977. The Labute approximate surface area is 63.5 Å². The number of hydrogen-bond donors (Lipinski definition) is 1. The second kappa shape index (κ2) is 3.34. The summed E-state index contributed by atoms with van der Waals surface area (Å²) in [6.45, 7) is 0.741. The molecule has 0 aromatic heterocycles. The Hall–Kier alpha value is -1.10. The Morgan fingerprint density at radius 3 is 2.82 bits per heavy atom. The average molecular weight is 159 g/mol. The molecule has 0 spiro atoms. The van der Waals surface area contributed by atoms with Crippen LogP contribution in [0, 0.1) is 0 Å². The summed E-state index contributed by atoms with van der Waals surface area (Å²) < 4.78 is 4.87. The van der Waals surface area contributed by atoms with E-state index in [9.17, 15) is 9.59 Å². The van der Waals surface area contributed by atoms with E-state index in [1.165, 1.54) is 4.90 Å². The van der Waals surface area contributed by atoms with Crippen molar-refractivity contribution in [3.63, 3.8) is 0 Å².